The van der Waals surface area contributed by atoms with Crippen molar-refractivity contribution in [2.45, 2.75) is 63.3 Å². The van der Waals surface area contributed by atoms with E-state index >= 15 is 0 Å². The van der Waals surface area contributed by atoms with Crippen molar-refractivity contribution in [1.29, 1.82) is 0 Å². The highest BCUT2D eigenvalue weighted by Crippen LogP contribution is 2.29. The van der Waals surface area contributed by atoms with Gasteiger partial charge in [0.2, 0.25) is 5.88 Å². The average Bonchev–Trinajstić information content (AvgIpc) is 3.32. The smallest absolute Gasteiger partial charge is 0.335 e. The number of rotatable bonds is 10. The van der Waals surface area contributed by atoms with Gasteiger partial charge in [-0.1, -0.05) is 0 Å². The maximum atomic E-state index is 13.9. The van der Waals surface area contributed by atoms with Crippen LogP contribution in [0.3, 0.4) is 0 Å². The van der Waals surface area contributed by atoms with Crippen LogP contribution in [0.15, 0.2) is 48.7 Å². The first-order valence-electron chi connectivity index (χ1n) is 14.3. The molecular formula is C30H31F2N5O6S. The van der Waals surface area contributed by atoms with E-state index in [1.807, 2.05) is 4.57 Å². The van der Waals surface area contributed by atoms with E-state index in [9.17, 15) is 27.1 Å². The molecule has 232 valence electrons. The van der Waals surface area contributed by atoms with E-state index < -0.39 is 32.7 Å². The van der Waals surface area contributed by atoms with E-state index in [2.05, 4.69) is 21.8 Å². The monoisotopic (exact) mass is 627 g/mol. The van der Waals surface area contributed by atoms with Crippen LogP contribution in [0.4, 0.5) is 8.78 Å². The number of carboxylic acid groups (broad SMARTS) is 1. The lowest BCUT2D eigenvalue weighted by atomic mass is 10.0. The summed E-state index contributed by atoms with van der Waals surface area (Å²) < 4.78 is 65.2. The number of aromatic nitrogens is 4. The minimum atomic E-state index is -3.16. The molecule has 3 atom stereocenters. The summed E-state index contributed by atoms with van der Waals surface area (Å²) in [5, 5.41) is 9.00. The van der Waals surface area contributed by atoms with Crippen molar-refractivity contribution in [3.8, 4) is 11.6 Å². The number of ether oxygens (including phenoxy) is 2. The molecular weight excluding hydrogens is 596 g/mol. The number of nitrogens with zero attached hydrogens (tertiary/aromatic N) is 5. The molecule has 0 radical (unpaired) electrons. The standard InChI is InChI=1S/C30H31F2N5O6S/c1-18-12-21(43-29-6-9-33-27(35-29)17-42-26-5-3-20(31)14-23(26)32)7-10-36(18)16-28-34-24-4-2-19(30(38)39)13-25(24)37(28)15-22-8-11-44(22,40)41/h2-6,9,13-14,18,21-22H,7-8,10-12,15-17H2,1H3,(H,38,39)/t18-,21-,22-/m0/s1. The number of hydrogen-bond acceptors (Lipinski definition) is 9. The predicted octanol–water partition coefficient (Wildman–Crippen LogP) is 4.00. The molecule has 2 saturated heterocycles. The molecule has 4 heterocycles. The van der Waals surface area contributed by atoms with Gasteiger partial charge in [0.1, 0.15) is 24.4 Å². The van der Waals surface area contributed by atoms with E-state index in [0.717, 1.165) is 12.1 Å². The van der Waals surface area contributed by atoms with E-state index in [4.69, 9.17) is 14.5 Å². The van der Waals surface area contributed by atoms with E-state index in [0.29, 0.717) is 55.1 Å². The number of halogens is 2. The SMILES string of the molecule is C[C@H]1C[C@@H](Oc2ccnc(COc3ccc(F)cc3F)n2)CCN1Cc1nc2ccc(C(=O)O)cc2n1C[C@@H]1CCS1(=O)=O. The Morgan fingerprint density at radius 2 is 1.95 bits per heavy atom. The number of likely N-dealkylation sites (tertiary alicyclic amines) is 1. The first-order valence-corrected chi connectivity index (χ1v) is 16.0. The van der Waals surface area contributed by atoms with Crippen LogP contribution in [-0.2, 0) is 29.5 Å². The maximum absolute atomic E-state index is 13.9. The molecule has 2 aromatic carbocycles. The van der Waals surface area contributed by atoms with Gasteiger partial charge in [-0.15, -0.1) is 0 Å². The second-order valence-corrected chi connectivity index (χ2v) is 13.6. The van der Waals surface area contributed by atoms with Gasteiger partial charge in [-0.3, -0.25) is 4.90 Å². The molecule has 0 saturated carbocycles. The van der Waals surface area contributed by atoms with Crippen molar-refractivity contribution >= 4 is 26.8 Å². The second kappa shape index (κ2) is 12.1. The summed E-state index contributed by atoms with van der Waals surface area (Å²) in [6.45, 7) is 3.34. The average molecular weight is 628 g/mol. The van der Waals surface area contributed by atoms with Crippen molar-refractivity contribution in [3.05, 3.63) is 77.5 Å². The Hall–Kier alpha value is -4.17. The number of carboxylic acids is 1. The van der Waals surface area contributed by atoms with Gasteiger partial charge in [-0.25, -0.2) is 32.0 Å². The molecule has 2 aromatic heterocycles. The highest BCUT2D eigenvalue weighted by molar-refractivity contribution is 7.93. The van der Waals surface area contributed by atoms with Crippen molar-refractivity contribution in [2.24, 2.45) is 0 Å². The fraction of sp³-hybridized carbons (Fsp3) is 0.400. The number of hydrogen-bond donors (Lipinski definition) is 1. The predicted molar refractivity (Wildman–Crippen MR) is 155 cm³/mol. The Bertz CT molecular complexity index is 1820. The molecule has 4 aromatic rings. The third kappa shape index (κ3) is 6.36. The van der Waals surface area contributed by atoms with E-state index in [-0.39, 0.29) is 48.2 Å². The zero-order valence-electron chi connectivity index (χ0n) is 23.9. The van der Waals surface area contributed by atoms with Crippen LogP contribution in [-0.4, -0.2) is 73.6 Å². The third-order valence-corrected chi connectivity index (χ3v) is 10.4. The topological polar surface area (TPSA) is 137 Å². The van der Waals surface area contributed by atoms with Crippen LogP contribution in [0.5, 0.6) is 11.6 Å². The van der Waals surface area contributed by atoms with Crippen LogP contribution < -0.4 is 9.47 Å². The second-order valence-electron chi connectivity index (χ2n) is 11.2. The van der Waals surface area contributed by atoms with Gasteiger partial charge in [-0.2, -0.15) is 4.98 Å². The number of sulfone groups is 1. The molecule has 6 rings (SSSR count). The molecule has 0 amide bonds. The van der Waals surface area contributed by atoms with Crippen LogP contribution in [0, 0.1) is 11.6 Å². The molecule has 0 unspecified atom stereocenters. The van der Waals surface area contributed by atoms with Gasteiger partial charge in [0.15, 0.2) is 27.2 Å². The van der Waals surface area contributed by atoms with Crippen molar-refractivity contribution in [3.63, 3.8) is 0 Å². The fourth-order valence-corrected chi connectivity index (χ4v) is 6.97. The number of fused-ring (bicyclic) bond motifs is 1. The molecule has 2 fully saturated rings. The van der Waals surface area contributed by atoms with Gasteiger partial charge < -0.3 is 19.1 Å². The van der Waals surface area contributed by atoms with E-state index in [1.54, 1.807) is 18.2 Å². The maximum Gasteiger partial charge on any atom is 0.335 e. The largest absolute Gasteiger partial charge is 0.483 e. The van der Waals surface area contributed by atoms with E-state index in [1.165, 1.54) is 18.3 Å². The lowest BCUT2D eigenvalue weighted by molar-refractivity contribution is 0.0536. The summed E-state index contributed by atoms with van der Waals surface area (Å²) in [6, 6.07) is 9.51. The van der Waals surface area contributed by atoms with Gasteiger partial charge >= 0.3 is 5.97 Å². The lowest BCUT2D eigenvalue weighted by Crippen LogP contribution is -2.45. The van der Waals surface area contributed by atoms with Crippen molar-refractivity contribution < 1.29 is 36.6 Å². The Morgan fingerprint density at radius 3 is 2.66 bits per heavy atom. The fourth-order valence-electron chi connectivity index (χ4n) is 5.64. The third-order valence-electron chi connectivity index (χ3n) is 8.22. The zero-order valence-corrected chi connectivity index (χ0v) is 24.7. The summed E-state index contributed by atoms with van der Waals surface area (Å²) in [5.74, 6) is -1.17. The summed E-state index contributed by atoms with van der Waals surface area (Å²) in [6.07, 6.45) is 3.36. The van der Waals surface area contributed by atoms with Crippen LogP contribution in [0.2, 0.25) is 0 Å². The minimum absolute atomic E-state index is 0.0927. The first kappa shape index (κ1) is 29.9. The van der Waals surface area contributed by atoms with Crippen molar-refractivity contribution in [1.82, 2.24) is 24.4 Å². The summed E-state index contributed by atoms with van der Waals surface area (Å²) in [5.41, 5.74) is 1.35. The molecule has 0 aliphatic carbocycles. The lowest BCUT2D eigenvalue weighted by Gasteiger charge is -2.37. The normalized spacial score (nSPS) is 21.6. The zero-order chi connectivity index (χ0) is 31.0. The minimum Gasteiger partial charge on any atom is -0.483 e. The molecule has 44 heavy (non-hydrogen) atoms. The molecule has 2 aliphatic heterocycles. The first-order chi connectivity index (χ1) is 21.1. The molecule has 2 aliphatic rings. The van der Waals surface area contributed by atoms with Gasteiger partial charge in [0.05, 0.1) is 34.1 Å². The number of piperidine rings is 1. The van der Waals surface area contributed by atoms with Gasteiger partial charge in [0, 0.05) is 37.5 Å². The van der Waals surface area contributed by atoms with Crippen LogP contribution in [0.1, 0.15) is 48.2 Å². The number of benzene rings is 2. The van der Waals surface area contributed by atoms with Crippen LogP contribution in [0.25, 0.3) is 11.0 Å². The molecule has 11 nitrogen and oxygen atoms in total. The Morgan fingerprint density at radius 1 is 1.11 bits per heavy atom. The Labute approximate surface area is 252 Å². The summed E-state index contributed by atoms with van der Waals surface area (Å²) in [4.78, 5) is 27.2. The highest BCUT2D eigenvalue weighted by Gasteiger charge is 2.37. The quantitative estimate of drug-likeness (QED) is 0.275. The van der Waals surface area contributed by atoms with Gasteiger partial charge in [-0.05, 0) is 56.5 Å². The molecule has 0 spiro atoms. The van der Waals surface area contributed by atoms with Gasteiger partial charge in [0.25, 0.3) is 0 Å². The van der Waals surface area contributed by atoms with Crippen molar-refractivity contribution in [2.75, 3.05) is 12.3 Å². The molecule has 14 heteroatoms. The molecule has 0 bridgehead atoms. The number of aromatic carboxylic acids is 1. The summed E-state index contributed by atoms with van der Waals surface area (Å²) >= 11 is 0. The highest BCUT2D eigenvalue weighted by atomic mass is 32.2. The van der Waals surface area contributed by atoms with Crippen LogP contribution >= 0.6 is 0 Å². The number of imidazole rings is 1. The summed E-state index contributed by atoms with van der Waals surface area (Å²) in [7, 11) is -3.16. The Kier molecular flexibility index (Phi) is 8.20. The Balaban J connectivity index is 1.11. The number of carbonyl (C=O) groups is 1. The molecule has 1 N–H and O–H groups in total.